The molecule has 2 heterocycles. The summed E-state index contributed by atoms with van der Waals surface area (Å²) in [7, 11) is 3.63. The zero-order valence-corrected chi connectivity index (χ0v) is 14.4. The predicted octanol–water partition coefficient (Wildman–Crippen LogP) is 1.83. The van der Waals surface area contributed by atoms with Crippen LogP contribution in [0.15, 0.2) is 6.33 Å². The fourth-order valence-electron chi connectivity index (χ4n) is 2.24. The number of hydrogen-bond donors (Lipinski definition) is 1. The molecule has 0 aliphatic heterocycles. The number of amides is 2. The molecule has 0 aromatic carbocycles. The van der Waals surface area contributed by atoms with Gasteiger partial charge in [0, 0.05) is 31.9 Å². The Bertz CT molecular complexity index is 650. The normalized spacial score (nSPS) is 12.2. The minimum atomic E-state index is -0.111. The molecular weight excluding hydrogens is 300 g/mol. The van der Waals surface area contributed by atoms with E-state index in [2.05, 4.69) is 20.4 Å². The highest BCUT2D eigenvalue weighted by molar-refractivity contribution is 7.11. The summed E-state index contributed by atoms with van der Waals surface area (Å²) in [5.41, 5.74) is 0.966. The van der Waals surface area contributed by atoms with Crippen molar-refractivity contribution in [2.75, 3.05) is 13.6 Å². The lowest BCUT2D eigenvalue weighted by Crippen LogP contribution is -2.40. The van der Waals surface area contributed by atoms with Gasteiger partial charge in [0.1, 0.15) is 12.2 Å². The lowest BCUT2D eigenvalue weighted by atomic mass is 10.2. The Kier molecular flexibility index (Phi) is 5.12. The SMILES string of the molecule is Cc1nc([C@H](C)N(C)C(=O)NCCc2ncnn2C)c(C)s1. The van der Waals surface area contributed by atoms with E-state index < -0.39 is 0 Å². The van der Waals surface area contributed by atoms with Gasteiger partial charge in [-0.05, 0) is 20.8 Å². The molecule has 2 rings (SSSR count). The second-order valence-electron chi connectivity index (χ2n) is 5.24. The van der Waals surface area contributed by atoms with Crippen LogP contribution in [0.5, 0.6) is 0 Å². The van der Waals surface area contributed by atoms with Crippen molar-refractivity contribution in [1.29, 1.82) is 0 Å². The van der Waals surface area contributed by atoms with Crippen LogP contribution in [0.3, 0.4) is 0 Å². The summed E-state index contributed by atoms with van der Waals surface area (Å²) in [6.45, 7) is 6.53. The molecule has 2 amide bonds. The molecule has 0 aliphatic rings. The molecule has 1 N–H and O–H groups in total. The third-order valence-corrected chi connectivity index (χ3v) is 4.57. The van der Waals surface area contributed by atoms with Gasteiger partial charge < -0.3 is 10.2 Å². The largest absolute Gasteiger partial charge is 0.338 e. The monoisotopic (exact) mass is 322 g/mol. The number of nitrogens with one attached hydrogen (secondary N) is 1. The number of rotatable bonds is 5. The quantitative estimate of drug-likeness (QED) is 0.911. The molecule has 0 unspecified atom stereocenters. The van der Waals surface area contributed by atoms with Gasteiger partial charge in [0.15, 0.2) is 0 Å². The molecule has 7 nitrogen and oxygen atoms in total. The number of aromatic nitrogens is 4. The molecule has 0 aliphatic carbocycles. The van der Waals surface area contributed by atoms with Gasteiger partial charge in [-0.3, -0.25) is 4.68 Å². The third-order valence-electron chi connectivity index (χ3n) is 3.67. The van der Waals surface area contributed by atoms with Gasteiger partial charge in [0.2, 0.25) is 0 Å². The molecule has 0 spiro atoms. The predicted molar refractivity (Wildman–Crippen MR) is 85.9 cm³/mol. The van der Waals surface area contributed by atoms with Gasteiger partial charge in [-0.1, -0.05) is 0 Å². The second kappa shape index (κ2) is 6.87. The first-order chi connectivity index (χ1) is 10.4. The van der Waals surface area contributed by atoms with Crippen molar-refractivity contribution in [2.45, 2.75) is 33.2 Å². The van der Waals surface area contributed by atoms with Crippen molar-refractivity contribution >= 4 is 17.4 Å². The summed E-state index contributed by atoms with van der Waals surface area (Å²) in [5.74, 6) is 0.849. The van der Waals surface area contributed by atoms with Gasteiger partial charge >= 0.3 is 6.03 Å². The average Bonchev–Trinajstić information content (AvgIpc) is 3.02. The van der Waals surface area contributed by atoms with Gasteiger partial charge in [-0.15, -0.1) is 11.3 Å². The highest BCUT2D eigenvalue weighted by atomic mass is 32.1. The van der Waals surface area contributed by atoms with Crippen molar-refractivity contribution in [1.82, 2.24) is 30.0 Å². The fourth-order valence-corrected chi connectivity index (χ4v) is 3.15. The third kappa shape index (κ3) is 3.62. The van der Waals surface area contributed by atoms with E-state index in [1.807, 2.05) is 27.8 Å². The topological polar surface area (TPSA) is 75.9 Å². The molecule has 1 atom stereocenters. The summed E-state index contributed by atoms with van der Waals surface area (Å²) in [5, 5.41) is 7.93. The highest BCUT2D eigenvalue weighted by Gasteiger charge is 2.21. The van der Waals surface area contributed by atoms with Gasteiger partial charge in [-0.2, -0.15) is 5.10 Å². The number of urea groups is 1. The molecule has 8 heteroatoms. The van der Waals surface area contributed by atoms with E-state index in [-0.39, 0.29) is 12.1 Å². The van der Waals surface area contributed by atoms with Crippen LogP contribution in [0.25, 0.3) is 0 Å². The Morgan fingerprint density at radius 3 is 2.77 bits per heavy atom. The number of nitrogens with zero attached hydrogens (tertiary/aromatic N) is 5. The molecule has 120 valence electrons. The lowest BCUT2D eigenvalue weighted by Gasteiger charge is -2.24. The standard InChI is InChI=1S/C14H22N6OS/c1-9(13-10(2)22-11(3)18-13)19(4)14(21)15-7-6-12-16-8-17-20(12)5/h8-9H,6-7H2,1-5H3,(H,15,21)/t9-/m0/s1. The maximum absolute atomic E-state index is 12.2. The lowest BCUT2D eigenvalue weighted by molar-refractivity contribution is 0.193. The fraction of sp³-hybridized carbons (Fsp3) is 0.571. The zero-order chi connectivity index (χ0) is 16.3. The molecule has 0 saturated heterocycles. The molecule has 0 radical (unpaired) electrons. The summed E-state index contributed by atoms with van der Waals surface area (Å²) >= 11 is 1.66. The summed E-state index contributed by atoms with van der Waals surface area (Å²) in [6, 6.07) is -0.167. The maximum Gasteiger partial charge on any atom is 0.317 e. The number of carbonyl (C=O) groups excluding carboxylic acids is 1. The Morgan fingerprint density at radius 1 is 1.50 bits per heavy atom. The highest BCUT2D eigenvalue weighted by Crippen LogP contribution is 2.25. The average molecular weight is 322 g/mol. The van der Waals surface area contributed by atoms with E-state index >= 15 is 0 Å². The van der Waals surface area contributed by atoms with E-state index in [0.717, 1.165) is 21.4 Å². The van der Waals surface area contributed by atoms with Crippen molar-refractivity contribution in [3.8, 4) is 0 Å². The Labute approximate surface area is 134 Å². The Morgan fingerprint density at radius 2 is 2.23 bits per heavy atom. The Balaban J connectivity index is 1.89. The second-order valence-corrected chi connectivity index (χ2v) is 6.65. The first-order valence-electron chi connectivity index (χ1n) is 7.17. The molecule has 22 heavy (non-hydrogen) atoms. The minimum Gasteiger partial charge on any atom is -0.338 e. The smallest absolute Gasteiger partial charge is 0.317 e. The van der Waals surface area contributed by atoms with Crippen molar-refractivity contribution < 1.29 is 4.79 Å². The van der Waals surface area contributed by atoms with Crippen LogP contribution >= 0.6 is 11.3 Å². The number of carbonyl (C=O) groups is 1. The van der Waals surface area contributed by atoms with E-state index in [1.54, 1.807) is 28.0 Å². The number of thiazole rings is 1. The maximum atomic E-state index is 12.2. The van der Waals surface area contributed by atoms with Crippen LogP contribution < -0.4 is 5.32 Å². The zero-order valence-electron chi connectivity index (χ0n) is 13.6. The molecule has 2 aromatic heterocycles. The first kappa shape index (κ1) is 16.4. The van der Waals surface area contributed by atoms with Crippen LogP contribution in [0.4, 0.5) is 4.79 Å². The summed E-state index contributed by atoms with van der Waals surface area (Å²) in [4.78, 5) is 23.7. The number of aryl methyl sites for hydroxylation is 3. The van der Waals surface area contributed by atoms with E-state index in [1.165, 1.54) is 6.33 Å². The van der Waals surface area contributed by atoms with Crippen LogP contribution in [0.1, 0.15) is 34.4 Å². The summed E-state index contributed by atoms with van der Waals surface area (Å²) in [6.07, 6.45) is 2.16. The molecule has 0 fully saturated rings. The van der Waals surface area contributed by atoms with Crippen molar-refractivity contribution in [3.05, 3.63) is 27.7 Å². The van der Waals surface area contributed by atoms with E-state index in [0.29, 0.717) is 13.0 Å². The van der Waals surface area contributed by atoms with Crippen LogP contribution in [0, 0.1) is 13.8 Å². The molecule has 0 bridgehead atoms. The van der Waals surface area contributed by atoms with Gasteiger partial charge in [-0.25, -0.2) is 14.8 Å². The molecule has 2 aromatic rings. The minimum absolute atomic E-state index is 0.0558. The van der Waals surface area contributed by atoms with Crippen molar-refractivity contribution in [2.24, 2.45) is 7.05 Å². The Hall–Kier alpha value is -1.96. The first-order valence-corrected chi connectivity index (χ1v) is 7.99. The molecule has 0 saturated carbocycles. The summed E-state index contributed by atoms with van der Waals surface area (Å²) < 4.78 is 1.71. The van der Waals surface area contributed by atoms with Crippen LogP contribution in [0.2, 0.25) is 0 Å². The van der Waals surface area contributed by atoms with Crippen molar-refractivity contribution in [3.63, 3.8) is 0 Å². The van der Waals surface area contributed by atoms with Crippen LogP contribution in [-0.4, -0.2) is 44.3 Å². The van der Waals surface area contributed by atoms with E-state index in [4.69, 9.17) is 0 Å². The van der Waals surface area contributed by atoms with Crippen LogP contribution in [-0.2, 0) is 13.5 Å². The van der Waals surface area contributed by atoms with E-state index in [9.17, 15) is 4.79 Å². The number of hydrogen-bond acceptors (Lipinski definition) is 5. The van der Waals surface area contributed by atoms with Gasteiger partial charge in [0.25, 0.3) is 0 Å². The molecular formula is C14H22N6OS. The van der Waals surface area contributed by atoms with Gasteiger partial charge in [0.05, 0.1) is 16.7 Å².